The number of nitrogens with zero attached hydrogens (tertiary/aromatic N) is 1. The summed E-state index contributed by atoms with van der Waals surface area (Å²) in [7, 11) is 0. The van der Waals surface area contributed by atoms with E-state index in [1.807, 2.05) is 0 Å². The Morgan fingerprint density at radius 3 is 2.37 bits per heavy atom. The zero-order valence-corrected chi connectivity index (χ0v) is 12.1. The molecule has 1 heterocycles. The lowest BCUT2D eigenvalue weighted by atomic mass is 10.00. The van der Waals surface area contributed by atoms with Crippen molar-refractivity contribution in [2.45, 2.75) is 45.2 Å². The molecule has 0 aromatic heterocycles. The normalized spacial score (nSPS) is 23.9. The summed E-state index contributed by atoms with van der Waals surface area (Å²) in [6.07, 6.45) is 3.62. The van der Waals surface area contributed by atoms with Gasteiger partial charge in [-0.05, 0) is 63.2 Å². The summed E-state index contributed by atoms with van der Waals surface area (Å²) in [6, 6.07) is 7.11. The van der Waals surface area contributed by atoms with Crippen LogP contribution in [0.3, 0.4) is 0 Å². The number of nitrogens with one attached hydrogen (secondary N) is 2. The molecule has 0 amide bonds. The predicted octanol–water partition coefficient (Wildman–Crippen LogP) is 3.29. The lowest BCUT2D eigenvalue weighted by Crippen LogP contribution is -2.55. The Morgan fingerprint density at radius 2 is 1.79 bits per heavy atom. The minimum atomic E-state index is -0.247. The standard InChI is InChI=1S/C14H20FN3S/c1-10-4-3-5-11(2)18(10)17-14(19)16-13-8-6-12(15)7-9-13/h6-11H,3-5H2,1-2H3,(H2,16,17,19)/t10-,11-/m1/s1. The maximum absolute atomic E-state index is 12.8. The van der Waals surface area contributed by atoms with Crippen LogP contribution in [-0.2, 0) is 0 Å². The van der Waals surface area contributed by atoms with Crippen molar-refractivity contribution in [1.29, 1.82) is 0 Å². The van der Waals surface area contributed by atoms with E-state index in [1.54, 1.807) is 12.1 Å². The van der Waals surface area contributed by atoms with Crippen LogP contribution in [0.15, 0.2) is 24.3 Å². The summed E-state index contributed by atoms with van der Waals surface area (Å²) in [5.74, 6) is -0.247. The zero-order chi connectivity index (χ0) is 13.8. The second kappa shape index (κ2) is 6.30. The van der Waals surface area contributed by atoms with E-state index in [2.05, 4.69) is 29.6 Å². The third-order valence-corrected chi connectivity index (χ3v) is 3.72. The molecule has 1 aromatic rings. The van der Waals surface area contributed by atoms with Crippen LogP contribution < -0.4 is 10.7 Å². The fraction of sp³-hybridized carbons (Fsp3) is 0.500. The average Bonchev–Trinajstić information content (AvgIpc) is 2.37. The summed E-state index contributed by atoms with van der Waals surface area (Å²) in [6.45, 7) is 4.40. The minimum Gasteiger partial charge on any atom is -0.332 e. The van der Waals surface area contributed by atoms with Crippen molar-refractivity contribution >= 4 is 23.0 Å². The molecule has 5 heteroatoms. The number of rotatable bonds is 2. The van der Waals surface area contributed by atoms with Crippen molar-refractivity contribution in [2.75, 3.05) is 5.32 Å². The van der Waals surface area contributed by atoms with E-state index in [9.17, 15) is 4.39 Å². The van der Waals surface area contributed by atoms with Gasteiger partial charge in [0.2, 0.25) is 0 Å². The van der Waals surface area contributed by atoms with Crippen LogP contribution in [0.2, 0.25) is 0 Å². The Kier molecular flexibility index (Phi) is 4.71. The van der Waals surface area contributed by atoms with E-state index in [-0.39, 0.29) is 5.82 Å². The first kappa shape index (κ1) is 14.2. The highest BCUT2D eigenvalue weighted by atomic mass is 32.1. The molecule has 0 bridgehead atoms. The number of benzene rings is 1. The molecule has 0 aliphatic carbocycles. The molecule has 0 radical (unpaired) electrons. The Balaban J connectivity index is 1.91. The Labute approximate surface area is 119 Å². The summed E-state index contributed by atoms with van der Waals surface area (Å²) >= 11 is 5.30. The van der Waals surface area contributed by atoms with Crippen LogP contribution in [0.1, 0.15) is 33.1 Å². The minimum absolute atomic E-state index is 0.247. The number of piperidine rings is 1. The number of hydrogen-bond donors (Lipinski definition) is 2. The number of thiocarbonyl (C=S) groups is 1. The third-order valence-electron chi connectivity index (χ3n) is 3.53. The quantitative estimate of drug-likeness (QED) is 0.814. The molecule has 19 heavy (non-hydrogen) atoms. The zero-order valence-electron chi connectivity index (χ0n) is 11.3. The van der Waals surface area contributed by atoms with Gasteiger partial charge in [0.1, 0.15) is 5.82 Å². The summed E-state index contributed by atoms with van der Waals surface area (Å²) < 4.78 is 12.8. The van der Waals surface area contributed by atoms with E-state index in [4.69, 9.17) is 12.2 Å². The second-order valence-corrected chi connectivity index (χ2v) is 5.52. The van der Waals surface area contributed by atoms with Crippen LogP contribution in [0.5, 0.6) is 0 Å². The first-order chi connectivity index (χ1) is 9.06. The maximum atomic E-state index is 12.8. The van der Waals surface area contributed by atoms with Gasteiger partial charge in [-0.15, -0.1) is 0 Å². The highest BCUT2D eigenvalue weighted by molar-refractivity contribution is 7.80. The van der Waals surface area contributed by atoms with E-state index in [0.717, 1.165) is 5.69 Å². The molecule has 1 saturated heterocycles. The van der Waals surface area contributed by atoms with Gasteiger partial charge in [-0.3, -0.25) is 5.43 Å². The number of hydrazine groups is 1. The second-order valence-electron chi connectivity index (χ2n) is 5.11. The van der Waals surface area contributed by atoms with Gasteiger partial charge >= 0.3 is 0 Å². The van der Waals surface area contributed by atoms with Gasteiger partial charge < -0.3 is 5.32 Å². The molecule has 1 aromatic carbocycles. The molecule has 0 saturated carbocycles. The first-order valence-corrected chi connectivity index (χ1v) is 7.08. The summed E-state index contributed by atoms with van der Waals surface area (Å²) in [5, 5.41) is 5.81. The first-order valence-electron chi connectivity index (χ1n) is 6.68. The fourth-order valence-corrected chi connectivity index (χ4v) is 2.67. The molecule has 104 valence electrons. The molecule has 1 aliphatic rings. The molecule has 2 atom stereocenters. The van der Waals surface area contributed by atoms with E-state index in [1.165, 1.54) is 31.4 Å². The Morgan fingerprint density at radius 1 is 1.21 bits per heavy atom. The van der Waals surface area contributed by atoms with E-state index >= 15 is 0 Å². The van der Waals surface area contributed by atoms with Crippen molar-refractivity contribution in [3.8, 4) is 0 Å². The van der Waals surface area contributed by atoms with Crippen LogP contribution >= 0.6 is 12.2 Å². The predicted molar refractivity (Wildman–Crippen MR) is 80.4 cm³/mol. The molecule has 2 N–H and O–H groups in total. The van der Waals surface area contributed by atoms with Gasteiger partial charge in [-0.25, -0.2) is 9.40 Å². The van der Waals surface area contributed by atoms with Gasteiger partial charge in [0.15, 0.2) is 5.11 Å². The van der Waals surface area contributed by atoms with Crippen molar-refractivity contribution < 1.29 is 4.39 Å². The van der Waals surface area contributed by atoms with Gasteiger partial charge in [0.05, 0.1) is 0 Å². The largest absolute Gasteiger partial charge is 0.332 e. The van der Waals surface area contributed by atoms with Crippen LogP contribution in [-0.4, -0.2) is 22.2 Å². The van der Waals surface area contributed by atoms with E-state index < -0.39 is 0 Å². The Bertz CT molecular complexity index is 425. The van der Waals surface area contributed by atoms with Crippen molar-refractivity contribution in [3.05, 3.63) is 30.1 Å². The van der Waals surface area contributed by atoms with Gasteiger partial charge in [-0.1, -0.05) is 6.42 Å². The summed E-state index contributed by atoms with van der Waals surface area (Å²) in [5.41, 5.74) is 4.03. The molecule has 3 nitrogen and oxygen atoms in total. The van der Waals surface area contributed by atoms with Crippen LogP contribution in [0.4, 0.5) is 10.1 Å². The number of anilines is 1. The topological polar surface area (TPSA) is 27.3 Å². The molecular weight excluding hydrogens is 261 g/mol. The molecule has 0 unspecified atom stereocenters. The van der Waals surface area contributed by atoms with Gasteiger partial charge in [0, 0.05) is 17.8 Å². The highest BCUT2D eigenvalue weighted by Crippen LogP contribution is 2.20. The SMILES string of the molecule is C[C@@H]1CCC[C@@H](C)N1NC(=S)Nc1ccc(F)cc1. The van der Waals surface area contributed by atoms with Crippen LogP contribution in [0.25, 0.3) is 0 Å². The van der Waals surface area contributed by atoms with E-state index in [0.29, 0.717) is 17.2 Å². The average molecular weight is 281 g/mol. The van der Waals surface area contributed by atoms with Crippen molar-refractivity contribution in [1.82, 2.24) is 10.4 Å². The number of halogens is 1. The molecule has 1 aliphatic heterocycles. The van der Waals surface area contributed by atoms with Gasteiger partial charge in [-0.2, -0.15) is 0 Å². The number of hydrogen-bond acceptors (Lipinski definition) is 2. The lowest BCUT2D eigenvalue weighted by Gasteiger charge is -2.39. The van der Waals surface area contributed by atoms with Crippen molar-refractivity contribution in [2.24, 2.45) is 0 Å². The smallest absolute Gasteiger partial charge is 0.185 e. The lowest BCUT2D eigenvalue weighted by molar-refractivity contribution is 0.0750. The highest BCUT2D eigenvalue weighted by Gasteiger charge is 2.25. The molecule has 1 fully saturated rings. The maximum Gasteiger partial charge on any atom is 0.185 e. The Hall–Kier alpha value is -1.20. The fourth-order valence-electron chi connectivity index (χ4n) is 2.45. The monoisotopic (exact) mass is 281 g/mol. The van der Waals surface area contributed by atoms with Gasteiger partial charge in [0.25, 0.3) is 0 Å². The molecular formula is C14H20FN3S. The molecule has 2 rings (SSSR count). The van der Waals surface area contributed by atoms with Crippen LogP contribution in [0, 0.1) is 5.82 Å². The molecule has 0 spiro atoms. The third kappa shape index (κ3) is 3.88. The summed E-state index contributed by atoms with van der Waals surface area (Å²) in [4.78, 5) is 0. The van der Waals surface area contributed by atoms with Crippen molar-refractivity contribution in [3.63, 3.8) is 0 Å².